The van der Waals surface area contributed by atoms with E-state index in [1.807, 2.05) is 0 Å². The van der Waals surface area contributed by atoms with E-state index in [0.29, 0.717) is 5.75 Å². The minimum Gasteiger partial charge on any atom is -0.497 e. The second-order valence-electron chi connectivity index (χ2n) is 4.00. The Morgan fingerprint density at radius 3 is 2.60 bits per heavy atom. The van der Waals surface area contributed by atoms with Crippen LogP contribution in [-0.4, -0.2) is 38.7 Å². The molecule has 6 nitrogen and oxygen atoms in total. The maximum atomic E-state index is 13.6. The standard InChI is InChI=1S/C13H17FN2O4/c1-8(17)16-12(13(18)20-3)7-15-11-6-9(19-2)4-5-10(11)14/h4-6,12,15H,7H2,1-3H3,(H,16,17). The normalized spacial score (nSPS) is 11.4. The van der Waals surface area contributed by atoms with Crippen molar-refractivity contribution < 1.29 is 23.5 Å². The van der Waals surface area contributed by atoms with E-state index >= 15 is 0 Å². The van der Waals surface area contributed by atoms with Crippen LogP contribution in [0.5, 0.6) is 5.75 Å². The Morgan fingerprint density at radius 1 is 1.35 bits per heavy atom. The van der Waals surface area contributed by atoms with E-state index in [1.165, 1.54) is 39.3 Å². The van der Waals surface area contributed by atoms with Crippen LogP contribution in [-0.2, 0) is 14.3 Å². The van der Waals surface area contributed by atoms with Gasteiger partial charge in [-0.1, -0.05) is 0 Å². The molecule has 1 atom stereocenters. The summed E-state index contributed by atoms with van der Waals surface area (Å²) < 4.78 is 23.1. The monoisotopic (exact) mass is 284 g/mol. The summed E-state index contributed by atoms with van der Waals surface area (Å²) in [6.07, 6.45) is 0. The fourth-order valence-corrected chi connectivity index (χ4v) is 1.56. The van der Waals surface area contributed by atoms with Crippen LogP contribution in [0.2, 0.25) is 0 Å². The zero-order valence-electron chi connectivity index (χ0n) is 11.5. The average Bonchev–Trinajstić information content (AvgIpc) is 2.43. The number of amides is 1. The summed E-state index contributed by atoms with van der Waals surface area (Å²) in [6, 6.07) is 3.28. The second-order valence-corrected chi connectivity index (χ2v) is 4.00. The fraction of sp³-hybridized carbons (Fsp3) is 0.385. The molecule has 0 aliphatic heterocycles. The number of hydrogen-bond donors (Lipinski definition) is 2. The lowest BCUT2D eigenvalue weighted by atomic mass is 10.2. The number of anilines is 1. The Bertz CT molecular complexity index is 493. The molecule has 1 aromatic rings. The van der Waals surface area contributed by atoms with Gasteiger partial charge in [0, 0.05) is 19.5 Å². The van der Waals surface area contributed by atoms with E-state index in [9.17, 15) is 14.0 Å². The number of hydrogen-bond acceptors (Lipinski definition) is 5. The molecule has 0 saturated heterocycles. The topological polar surface area (TPSA) is 76.7 Å². The van der Waals surface area contributed by atoms with Gasteiger partial charge >= 0.3 is 5.97 Å². The molecule has 0 bridgehead atoms. The lowest BCUT2D eigenvalue weighted by molar-refractivity contribution is -0.144. The lowest BCUT2D eigenvalue weighted by Crippen LogP contribution is -2.45. The van der Waals surface area contributed by atoms with Crippen LogP contribution in [0.3, 0.4) is 0 Å². The molecule has 20 heavy (non-hydrogen) atoms. The first kappa shape index (κ1) is 15.7. The van der Waals surface area contributed by atoms with Crippen LogP contribution in [0.25, 0.3) is 0 Å². The quantitative estimate of drug-likeness (QED) is 0.760. The number of methoxy groups -OCH3 is 2. The summed E-state index contributed by atoms with van der Waals surface area (Å²) in [5, 5.41) is 5.16. The number of benzene rings is 1. The lowest BCUT2D eigenvalue weighted by Gasteiger charge is -2.17. The van der Waals surface area contributed by atoms with Crippen LogP contribution in [0.15, 0.2) is 18.2 Å². The minimum absolute atomic E-state index is 0.00363. The molecule has 110 valence electrons. The Kier molecular flexibility index (Phi) is 5.76. The van der Waals surface area contributed by atoms with E-state index in [0.717, 1.165) is 0 Å². The Hall–Kier alpha value is -2.31. The van der Waals surface area contributed by atoms with Crippen molar-refractivity contribution in [2.45, 2.75) is 13.0 Å². The van der Waals surface area contributed by atoms with Gasteiger partial charge in [-0.15, -0.1) is 0 Å². The highest BCUT2D eigenvalue weighted by Crippen LogP contribution is 2.20. The Labute approximate surface area is 116 Å². The molecule has 0 heterocycles. The van der Waals surface area contributed by atoms with Gasteiger partial charge in [0.25, 0.3) is 0 Å². The zero-order chi connectivity index (χ0) is 15.1. The predicted octanol–water partition coefficient (Wildman–Crippen LogP) is 0.924. The molecule has 0 fully saturated rings. The van der Waals surface area contributed by atoms with Crippen molar-refractivity contribution in [1.82, 2.24) is 5.32 Å². The van der Waals surface area contributed by atoms with Crippen LogP contribution < -0.4 is 15.4 Å². The highest BCUT2D eigenvalue weighted by Gasteiger charge is 2.20. The van der Waals surface area contributed by atoms with Crippen molar-refractivity contribution in [2.24, 2.45) is 0 Å². The molecule has 1 amide bonds. The highest BCUT2D eigenvalue weighted by molar-refractivity contribution is 5.83. The molecular formula is C13H17FN2O4. The van der Waals surface area contributed by atoms with Crippen LogP contribution in [0.4, 0.5) is 10.1 Å². The third-order valence-electron chi connectivity index (χ3n) is 2.53. The summed E-state index contributed by atoms with van der Waals surface area (Å²) in [7, 11) is 2.68. The van der Waals surface area contributed by atoms with Crippen LogP contribution in [0, 0.1) is 5.82 Å². The highest BCUT2D eigenvalue weighted by atomic mass is 19.1. The minimum atomic E-state index is -0.900. The molecule has 1 rings (SSSR count). The number of rotatable bonds is 6. The average molecular weight is 284 g/mol. The number of ether oxygens (including phenoxy) is 2. The van der Waals surface area contributed by atoms with Crippen molar-refractivity contribution in [1.29, 1.82) is 0 Å². The van der Waals surface area contributed by atoms with E-state index in [1.54, 1.807) is 0 Å². The Morgan fingerprint density at radius 2 is 2.05 bits per heavy atom. The van der Waals surface area contributed by atoms with E-state index in [4.69, 9.17) is 4.74 Å². The fourth-order valence-electron chi connectivity index (χ4n) is 1.56. The first-order valence-corrected chi connectivity index (χ1v) is 5.90. The van der Waals surface area contributed by atoms with Crippen LogP contribution in [0.1, 0.15) is 6.92 Å². The zero-order valence-corrected chi connectivity index (χ0v) is 11.5. The smallest absolute Gasteiger partial charge is 0.330 e. The summed E-state index contributed by atoms with van der Waals surface area (Å²) >= 11 is 0. The molecule has 7 heteroatoms. The molecule has 2 N–H and O–H groups in total. The maximum Gasteiger partial charge on any atom is 0.330 e. The first-order valence-electron chi connectivity index (χ1n) is 5.90. The van der Waals surface area contributed by atoms with Gasteiger partial charge < -0.3 is 20.1 Å². The molecule has 0 aliphatic rings. The van der Waals surface area contributed by atoms with Gasteiger partial charge in [0.05, 0.1) is 19.9 Å². The molecular weight excluding hydrogens is 267 g/mol. The molecule has 0 aromatic heterocycles. The van der Waals surface area contributed by atoms with Gasteiger partial charge in [-0.25, -0.2) is 9.18 Å². The maximum absolute atomic E-state index is 13.6. The van der Waals surface area contributed by atoms with Crippen molar-refractivity contribution in [3.05, 3.63) is 24.0 Å². The molecule has 0 spiro atoms. The number of esters is 1. The molecule has 1 unspecified atom stereocenters. The Balaban J connectivity index is 2.76. The summed E-state index contributed by atoms with van der Waals surface area (Å²) in [4.78, 5) is 22.5. The number of nitrogens with one attached hydrogen (secondary N) is 2. The van der Waals surface area contributed by atoms with E-state index in [-0.39, 0.29) is 18.1 Å². The number of carbonyl (C=O) groups is 2. The van der Waals surface area contributed by atoms with Crippen molar-refractivity contribution >= 4 is 17.6 Å². The van der Waals surface area contributed by atoms with Gasteiger partial charge in [-0.3, -0.25) is 4.79 Å². The summed E-state index contributed by atoms with van der Waals surface area (Å²) in [5.41, 5.74) is 0.170. The van der Waals surface area contributed by atoms with Gasteiger partial charge in [0.15, 0.2) is 0 Å². The molecule has 0 saturated carbocycles. The largest absolute Gasteiger partial charge is 0.497 e. The van der Waals surface area contributed by atoms with E-state index < -0.39 is 17.8 Å². The van der Waals surface area contributed by atoms with Crippen molar-refractivity contribution in [3.63, 3.8) is 0 Å². The summed E-state index contributed by atoms with van der Waals surface area (Å²) in [5.74, 6) is -1.01. The van der Waals surface area contributed by atoms with Crippen molar-refractivity contribution in [3.8, 4) is 5.75 Å². The molecule has 0 radical (unpaired) electrons. The predicted molar refractivity (Wildman–Crippen MR) is 71.1 cm³/mol. The van der Waals surface area contributed by atoms with Gasteiger partial charge in [0.1, 0.15) is 17.6 Å². The third kappa shape index (κ3) is 4.42. The molecule has 0 aliphatic carbocycles. The number of carbonyl (C=O) groups excluding carboxylic acids is 2. The van der Waals surface area contributed by atoms with Crippen LogP contribution >= 0.6 is 0 Å². The second kappa shape index (κ2) is 7.32. The van der Waals surface area contributed by atoms with Crippen molar-refractivity contribution in [2.75, 3.05) is 26.1 Å². The number of halogens is 1. The van der Waals surface area contributed by atoms with Gasteiger partial charge in [0.2, 0.25) is 5.91 Å². The van der Waals surface area contributed by atoms with E-state index in [2.05, 4.69) is 15.4 Å². The SMILES string of the molecule is COC(=O)C(CNc1cc(OC)ccc1F)NC(C)=O. The first-order chi connectivity index (χ1) is 9.47. The van der Waals surface area contributed by atoms with Gasteiger partial charge in [-0.05, 0) is 12.1 Å². The third-order valence-corrected chi connectivity index (χ3v) is 2.53. The molecule has 1 aromatic carbocycles. The van der Waals surface area contributed by atoms with Gasteiger partial charge in [-0.2, -0.15) is 0 Å². The summed E-state index contributed by atoms with van der Waals surface area (Å²) in [6.45, 7) is 1.28.